The fourth-order valence-electron chi connectivity index (χ4n) is 3.34. The number of benzene rings is 2. The highest BCUT2D eigenvalue weighted by atomic mass is 16.7. The number of rotatable bonds is 8. The summed E-state index contributed by atoms with van der Waals surface area (Å²) < 4.78 is 20.8. The van der Waals surface area contributed by atoms with Crippen LogP contribution in [0.2, 0.25) is 0 Å². The van der Waals surface area contributed by atoms with E-state index >= 15 is 0 Å². The zero-order valence-electron chi connectivity index (χ0n) is 18.0. The van der Waals surface area contributed by atoms with Gasteiger partial charge in [-0.15, -0.1) is 0 Å². The molecule has 0 atom stereocenters. The molecule has 1 aliphatic rings. The number of esters is 3. The van der Waals surface area contributed by atoms with Gasteiger partial charge < -0.3 is 18.9 Å². The van der Waals surface area contributed by atoms with Crippen LogP contribution in [0.25, 0.3) is 0 Å². The molecule has 7 nitrogen and oxygen atoms in total. The molecule has 0 aliphatic heterocycles. The van der Waals surface area contributed by atoms with E-state index in [0.29, 0.717) is 28.7 Å². The summed E-state index contributed by atoms with van der Waals surface area (Å²) >= 11 is 0. The largest absolute Gasteiger partial charge is 0.457 e. The standard InChI is InChI=1S/C25H26O7/c1-3-23(26)30-16-29-20-10-8-19(9-11-20)25(28)32-22-14-12-21(13-15-22)31-24(27)18-6-4-17(2)5-7-18/h3,8-15,17-18H,1,4-7,16H2,2H3. The maximum Gasteiger partial charge on any atom is 0.343 e. The highest BCUT2D eigenvalue weighted by molar-refractivity contribution is 5.91. The van der Waals surface area contributed by atoms with Crippen molar-refractivity contribution in [1.82, 2.24) is 0 Å². The van der Waals surface area contributed by atoms with Crippen LogP contribution in [0.4, 0.5) is 0 Å². The topological polar surface area (TPSA) is 88.1 Å². The van der Waals surface area contributed by atoms with E-state index < -0.39 is 11.9 Å². The van der Waals surface area contributed by atoms with Gasteiger partial charge in [0.15, 0.2) is 0 Å². The van der Waals surface area contributed by atoms with E-state index in [-0.39, 0.29) is 18.7 Å². The van der Waals surface area contributed by atoms with E-state index in [2.05, 4.69) is 13.5 Å². The summed E-state index contributed by atoms with van der Waals surface area (Å²) in [5.41, 5.74) is 0.322. The summed E-state index contributed by atoms with van der Waals surface area (Å²) in [6.45, 7) is 5.23. The summed E-state index contributed by atoms with van der Waals surface area (Å²) in [5.74, 6) is 0.457. The molecule has 0 N–H and O–H groups in total. The Morgan fingerprint density at radius 2 is 1.44 bits per heavy atom. The summed E-state index contributed by atoms with van der Waals surface area (Å²) in [7, 11) is 0. The van der Waals surface area contributed by atoms with E-state index in [0.717, 1.165) is 31.8 Å². The van der Waals surface area contributed by atoms with Crippen LogP contribution < -0.4 is 14.2 Å². The Morgan fingerprint density at radius 3 is 2.03 bits per heavy atom. The minimum absolute atomic E-state index is 0.0512. The summed E-state index contributed by atoms with van der Waals surface area (Å²) in [4.78, 5) is 35.6. The smallest absolute Gasteiger partial charge is 0.343 e. The molecule has 0 saturated heterocycles. The van der Waals surface area contributed by atoms with Gasteiger partial charge in [-0.2, -0.15) is 0 Å². The van der Waals surface area contributed by atoms with Crippen LogP contribution >= 0.6 is 0 Å². The first kappa shape index (κ1) is 23.1. The molecular weight excluding hydrogens is 412 g/mol. The van der Waals surface area contributed by atoms with E-state index in [4.69, 9.17) is 18.9 Å². The first-order valence-electron chi connectivity index (χ1n) is 10.5. The molecule has 0 amide bonds. The van der Waals surface area contributed by atoms with Crippen LogP contribution in [0.15, 0.2) is 61.2 Å². The van der Waals surface area contributed by atoms with Crippen LogP contribution in [0, 0.1) is 11.8 Å². The first-order valence-corrected chi connectivity index (χ1v) is 10.5. The van der Waals surface area contributed by atoms with Crippen molar-refractivity contribution < 1.29 is 33.3 Å². The average Bonchev–Trinajstić information content (AvgIpc) is 2.81. The molecule has 3 rings (SSSR count). The van der Waals surface area contributed by atoms with Gasteiger partial charge in [-0.1, -0.05) is 13.5 Å². The molecule has 1 aliphatic carbocycles. The average molecular weight is 438 g/mol. The quantitative estimate of drug-likeness (QED) is 0.255. The zero-order valence-corrected chi connectivity index (χ0v) is 18.0. The Kier molecular flexibility index (Phi) is 8.02. The second-order valence-electron chi connectivity index (χ2n) is 7.69. The Morgan fingerprint density at radius 1 is 0.875 bits per heavy atom. The van der Waals surface area contributed by atoms with Gasteiger partial charge in [-0.3, -0.25) is 4.79 Å². The normalized spacial score (nSPS) is 17.7. The van der Waals surface area contributed by atoms with Crippen molar-refractivity contribution in [2.45, 2.75) is 32.6 Å². The SMILES string of the molecule is C=CC(=O)OCOc1ccc(C(=O)Oc2ccc(OC(=O)C3CCC(C)CC3)cc2)cc1. The van der Waals surface area contributed by atoms with Gasteiger partial charge >= 0.3 is 17.9 Å². The van der Waals surface area contributed by atoms with Gasteiger partial charge in [0.25, 0.3) is 0 Å². The van der Waals surface area contributed by atoms with E-state index in [9.17, 15) is 14.4 Å². The number of carbonyl (C=O) groups is 3. The van der Waals surface area contributed by atoms with Gasteiger partial charge in [-0.25, -0.2) is 9.59 Å². The molecule has 1 fully saturated rings. The fourth-order valence-corrected chi connectivity index (χ4v) is 3.34. The third-order valence-electron chi connectivity index (χ3n) is 5.29. The molecule has 0 bridgehead atoms. The van der Waals surface area contributed by atoms with Crippen LogP contribution in [0.3, 0.4) is 0 Å². The maximum atomic E-state index is 12.3. The predicted molar refractivity (Wildman–Crippen MR) is 116 cm³/mol. The van der Waals surface area contributed by atoms with E-state index in [1.165, 1.54) is 12.1 Å². The zero-order chi connectivity index (χ0) is 22.9. The van der Waals surface area contributed by atoms with Crippen molar-refractivity contribution in [1.29, 1.82) is 0 Å². The molecule has 168 valence electrons. The maximum absolute atomic E-state index is 12.3. The van der Waals surface area contributed by atoms with E-state index in [1.807, 2.05) is 0 Å². The Labute approximate surface area is 186 Å². The molecular formula is C25H26O7. The minimum Gasteiger partial charge on any atom is -0.457 e. The molecule has 2 aromatic rings. The highest BCUT2D eigenvalue weighted by Gasteiger charge is 2.26. The lowest BCUT2D eigenvalue weighted by Crippen LogP contribution is -2.24. The van der Waals surface area contributed by atoms with Crippen molar-refractivity contribution in [3.05, 3.63) is 66.7 Å². The highest BCUT2D eigenvalue weighted by Crippen LogP contribution is 2.30. The van der Waals surface area contributed by atoms with Gasteiger partial charge in [0.2, 0.25) is 6.79 Å². The van der Waals surface area contributed by atoms with E-state index in [1.54, 1.807) is 36.4 Å². The van der Waals surface area contributed by atoms with Crippen LogP contribution in [-0.2, 0) is 14.3 Å². The Hall–Kier alpha value is -3.61. The summed E-state index contributed by atoms with van der Waals surface area (Å²) in [6, 6.07) is 12.6. The molecule has 0 aromatic heterocycles. The van der Waals surface area contributed by atoms with Crippen molar-refractivity contribution >= 4 is 17.9 Å². The third kappa shape index (κ3) is 6.70. The number of hydrogen-bond donors (Lipinski definition) is 0. The second kappa shape index (κ2) is 11.1. The van der Waals surface area contributed by atoms with Crippen molar-refractivity contribution in [3.8, 4) is 17.2 Å². The molecule has 0 unspecified atom stereocenters. The molecule has 0 heterocycles. The second-order valence-corrected chi connectivity index (χ2v) is 7.69. The number of carbonyl (C=O) groups excluding carboxylic acids is 3. The van der Waals surface area contributed by atoms with Gasteiger partial charge in [-0.05, 0) is 80.1 Å². The predicted octanol–water partition coefficient (Wildman–Crippen LogP) is 4.70. The summed E-state index contributed by atoms with van der Waals surface area (Å²) in [6.07, 6.45) is 4.85. The van der Waals surface area contributed by atoms with Crippen LogP contribution in [0.1, 0.15) is 43.0 Å². The molecule has 0 radical (unpaired) electrons. The summed E-state index contributed by atoms with van der Waals surface area (Å²) in [5, 5.41) is 0. The number of hydrogen-bond acceptors (Lipinski definition) is 7. The molecule has 32 heavy (non-hydrogen) atoms. The fraction of sp³-hybridized carbons (Fsp3) is 0.320. The van der Waals surface area contributed by atoms with Gasteiger partial charge in [0.05, 0.1) is 11.5 Å². The van der Waals surface area contributed by atoms with Crippen molar-refractivity contribution in [2.75, 3.05) is 6.79 Å². The lowest BCUT2D eigenvalue weighted by molar-refractivity contribution is -0.144. The van der Waals surface area contributed by atoms with Gasteiger partial charge in [0, 0.05) is 6.08 Å². The molecule has 2 aromatic carbocycles. The first-order chi connectivity index (χ1) is 15.4. The van der Waals surface area contributed by atoms with Gasteiger partial charge in [0.1, 0.15) is 17.2 Å². The van der Waals surface area contributed by atoms with Crippen molar-refractivity contribution in [3.63, 3.8) is 0 Å². The van der Waals surface area contributed by atoms with Crippen molar-refractivity contribution in [2.24, 2.45) is 11.8 Å². The monoisotopic (exact) mass is 438 g/mol. The lowest BCUT2D eigenvalue weighted by atomic mass is 9.83. The number of ether oxygens (including phenoxy) is 4. The Balaban J connectivity index is 1.48. The van der Waals surface area contributed by atoms with Crippen LogP contribution in [-0.4, -0.2) is 24.7 Å². The molecule has 1 saturated carbocycles. The Bertz CT molecular complexity index is 939. The minimum atomic E-state index is -0.588. The molecule has 0 spiro atoms. The third-order valence-corrected chi connectivity index (χ3v) is 5.29. The van der Waals surface area contributed by atoms with Crippen LogP contribution in [0.5, 0.6) is 17.2 Å². The molecule has 7 heteroatoms. The lowest BCUT2D eigenvalue weighted by Gasteiger charge is -2.24.